The first-order chi connectivity index (χ1) is 11.0. The molecule has 0 aromatic heterocycles. The molecule has 0 fully saturated rings. The lowest BCUT2D eigenvalue weighted by Gasteiger charge is -2.14. The van der Waals surface area contributed by atoms with Crippen molar-refractivity contribution < 1.29 is 40.9 Å². The van der Waals surface area contributed by atoms with Crippen molar-refractivity contribution in [2.75, 3.05) is 0 Å². The summed E-state index contributed by atoms with van der Waals surface area (Å²) in [6, 6.07) is 7.11. The molecule has 1 N–H and O–H groups in total. The van der Waals surface area contributed by atoms with Crippen molar-refractivity contribution in [1.29, 1.82) is 0 Å². The molecule has 0 aliphatic rings. The van der Waals surface area contributed by atoms with E-state index in [1.807, 2.05) is 0 Å². The molecule has 0 unspecified atom stereocenters. The van der Waals surface area contributed by atoms with Gasteiger partial charge in [0.25, 0.3) is 0 Å². The summed E-state index contributed by atoms with van der Waals surface area (Å²) in [5.74, 6) is -1.55. The maximum Gasteiger partial charge on any atom is 0.573 e. The van der Waals surface area contributed by atoms with Gasteiger partial charge in [0.2, 0.25) is 0 Å². The molecule has 0 bridgehead atoms. The zero-order chi connectivity index (χ0) is 18.0. The maximum absolute atomic E-state index is 12.6. The van der Waals surface area contributed by atoms with Gasteiger partial charge in [-0.15, -0.1) is 13.2 Å². The van der Waals surface area contributed by atoms with Crippen LogP contribution in [0.15, 0.2) is 42.5 Å². The summed E-state index contributed by atoms with van der Waals surface area (Å²) in [5, 5.41) is 9.31. The highest BCUT2D eigenvalue weighted by Gasteiger charge is 2.33. The molecule has 0 saturated carbocycles. The fourth-order valence-corrected chi connectivity index (χ4v) is 1.84. The van der Waals surface area contributed by atoms with Crippen molar-refractivity contribution in [2.45, 2.75) is 19.1 Å². The van der Waals surface area contributed by atoms with Crippen LogP contribution < -0.4 is 9.47 Å². The van der Waals surface area contributed by atoms with Crippen molar-refractivity contribution in [3.05, 3.63) is 53.6 Å². The zero-order valence-corrected chi connectivity index (χ0v) is 11.8. The molecule has 24 heavy (non-hydrogen) atoms. The van der Waals surface area contributed by atoms with Crippen molar-refractivity contribution in [3.63, 3.8) is 0 Å². The van der Waals surface area contributed by atoms with Crippen LogP contribution in [0.2, 0.25) is 0 Å². The first-order valence-electron chi connectivity index (χ1n) is 6.42. The van der Waals surface area contributed by atoms with Crippen LogP contribution in [0.25, 0.3) is 0 Å². The smallest absolute Gasteiger partial charge is 0.508 e. The average molecular weight is 352 g/mol. The van der Waals surface area contributed by atoms with E-state index in [9.17, 15) is 31.4 Å². The van der Waals surface area contributed by atoms with E-state index in [4.69, 9.17) is 4.74 Å². The topological polar surface area (TPSA) is 38.7 Å². The molecule has 0 saturated heterocycles. The molecule has 2 aromatic rings. The number of hydrogen-bond acceptors (Lipinski definition) is 3. The van der Waals surface area contributed by atoms with Crippen molar-refractivity contribution in [1.82, 2.24) is 0 Å². The lowest BCUT2D eigenvalue weighted by molar-refractivity contribution is -0.275. The van der Waals surface area contributed by atoms with E-state index < -0.39 is 36.2 Å². The van der Waals surface area contributed by atoms with E-state index in [1.54, 1.807) is 0 Å². The number of phenolic OH excluding ortho intramolecular Hbond substituents is 1. The highest BCUT2D eigenvalue weighted by Crippen LogP contribution is 2.35. The molecule has 0 atom stereocenters. The Bertz CT molecular complexity index is 709. The quantitative estimate of drug-likeness (QED) is 0.797. The van der Waals surface area contributed by atoms with E-state index in [-0.39, 0.29) is 11.3 Å². The van der Waals surface area contributed by atoms with Gasteiger partial charge < -0.3 is 14.6 Å². The molecule has 130 valence electrons. The molecule has 3 nitrogen and oxygen atoms in total. The van der Waals surface area contributed by atoms with Crippen molar-refractivity contribution in [3.8, 4) is 17.2 Å². The zero-order valence-electron chi connectivity index (χ0n) is 11.8. The van der Waals surface area contributed by atoms with Gasteiger partial charge in [-0.3, -0.25) is 0 Å². The lowest BCUT2D eigenvalue weighted by atomic mass is 10.2. The largest absolute Gasteiger partial charge is 0.573 e. The Morgan fingerprint density at radius 1 is 0.917 bits per heavy atom. The minimum atomic E-state index is -4.91. The summed E-state index contributed by atoms with van der Waals surface area (Å²) in [4.78, 5) is 0. The number of rotatable bonds is 4. The van der Waals surface area contributed by atoms with Gasteiger partial charge in [0.1, 0.15) is 23.9 Å². The molecule has 9 heteroatoms. The van der Waals surface area contributed by atoms with E-state index in [1.165, 1.54) is 18.2 Å². The number of aromatic hydroxyl groups is 1. The monoisotopic (exact) mass is 352 g/mol. The molecule has 0 aliphatic carbocycles. The van der Waals surface area contributed by atoms with E-state index in [0.29, 0.717) is 12.1 Å². The van der Waals surface area contributed by atoms with Crippen LogP contribution in [-0.2, 0) is 12.8 Å². The second kappa shape index (κ2) is 6.50. The molecular formula is C15H10F6O3. The van der Waals surface area contributed by atoms with Gasteiger partial charge in [0, 0.05) is 11.6 Å². The summed E-state index contributed by atoms with van der Waals surface area (Å²) >= 11 is 0. The standard InChI is InChI=1S/C15H10F6O3/c16-14(17,18)10-5-11(22)7-12(6-10)23-8-9-3-1-2-4-13(9)24-15(19,20)21/h1-7,22H,8H2. The third-order valence-corrected chi connectivity index (χ3v) is 2.81. The summed E-state index contributed by atoms with van der Waals surface area (Å²) in [6.45, 7) is -0.479. The fourth-order valence-electron chi connectivity index (χ4n) is 1.84. The van der Waals surface area contributed by atoms with Gasteiger partial charge in [0.05, 0.1) is 5.56 Å². The van der Waals surface area contributed by atoms with Gasteiger partial charge in [0.15, 0.2) is 0 Å². The Morgan fingerprint density at radius 3 is 2.21 bits per heavy atom. The van der Waals surface area contributed by atoms with Crippen LogP contribution in [0, 0.1) is 0 Å². The first kappa shape index (κ1) is 17.8. The predicted octanol–water partition coefficient (Wildman–Crippen LogP) is 4.89. The average Bonchev–Trinajstić information content (AvgIpc) is 2.43. The maximum atomic E-state index is 12.6. The summed E-state index contributed by atoms with van der Waals surface area (Å²) in [7, 11) is 0. The fraction of sp³-hybridized carbons (Fsp3) is 0.200. The number of hydrogen-bond donors (Lipinski definition) is 1. The van der Waals surface area contributed by atoms with E-state index >= 15 is 0 Å². The molecule has 0 aliphatic heterocycles. The first-order valence-corrected chi connectivity index (χ1v) is 6.42. The molecule has 0 spiro atoms. The van der Waals surface area contributed by atoms with Crippen LogP contribution in [0.5, 0.6) is 17.2 Å². The highest BCUT2D eigenvalue weighted by molar-refractivity contribution is 5.39. The normalized spacial score (nSPS) is 12.1. The van der Waals surface area contributed by atoms with Gasteiger partial charge in [-0.1, -0.05) is 18.2 Å². The summed E-state index contributed by atoms with van der Waals surface area (Å²) < 4.78 is 83.7. The number of benzene rings is 2. The molecule has 0 amide bonds. The Hall–Kier alpha value is -2.58. The minimum absolute atomic E-state index is 0.0215. The van der Waals surface area contributed by atoms with E-state index in [0.717, 1.165) is 12.1 Å². The summed E-state index contributed by atoms with van der Waals surface area (Å²) in [5.41, 5.74) is -1.16. The number of phenols is 1. The Balaban J connectivity index is 2.19. The van der Waals surface area contributed by atoms with Gasteiger partial charge in [-0.2, -0.15) is 13.2 Å². The Morgan fingerprint density at radius 2 is 1.58 bits per heavy atom. The second-order valence-electron chi connectivity index (χ2n) is 4.66. The van der Waals surface area contributed by atoms with Gasteiger partial charge >= 0.3 is 12.5 Å². The summed E-state index contributed by atoms with van der Waals surface area (Å²) in [6.07, 6.45) is -9.61. The van der Waals surface area contributed by atoms with Crippen molar-refractivity contribution >= 4 is 0 Å². The van der Waals surface area contributed by atoms with Gasteiger partial charge in [-0.25, -0.2) is 0 Å². The van der Waals surface area contributed by atoms with Crippen LogP contribution in [0.3, 0.4) is 0 Å². The number of halogens is 6. The third-order valence-electron chi connectivity index (χ3n) is 2.81. The Kier molecular flexibility index (Phi) is 4.81. The predicted molar refractivity (Wildman–Crippen MR) is 70.6 cm³/mol. The molecule has 2 rings (SSSR count). The lowest BCUT2D eigenvalue weighted by Crippen LogP contribution is -2.18. The molecule has 0 heterocycles. The Labute approximate surface area is 132 Å². The minimum Gasteiger partial charge on any atom is -0.508 e. The SMILES string of the molecule is Oc1cc(OCc2ccccc2OC(F)(F)F)cc(C(F)(F)F)c1. The van der Waals surface area contributed by atoms with Crippen molar-refractivity contribution in [2.24, 2.45) is 0 Å². The highest BCUT2D eigenvalue weighted by atomic mass is 19.4. The van der Waals surface area contributed by atoms with Crippen LogP contribution in [-0.4, -0.2) is 11.5 Å². The third kappa shape index (κ3) is 4.97. The number of alkyl halides is 6. The molecule has 0 radical (unpaired) electrons. The van der Waals surface area contributed by atoms with Crippen LogP contribution in [0.1, 0.15) is 11.1 Å². The second-order valence-corrected chi connectivity index (χ2v) is 4.66. The van der Waals surface area contributed by atoms with Crippen LogP contribution >= 0.6 is 0 Å². The van der Waals surface area contributed by atoms with Crippen LogP contribution in [0.4, 0.5) is 26.3 Å². The van der Waals surface area contributed by atoms with Gasteiger partial charge in [-0.05, 0) is 18.2 Å². The number of ether oxygens (including phenoxy) is 2. The molecular weight excluding hydrogens is 342 g/mol. The number of para-hydroxylation sites is 1. The molecule has 2 aromatic carbocycles. The van der Waals surface area contributed by atoms with E-state index in [2.05, 4.69) is 4.74 Å².